The molecule has 1 aliphatic heterocycles. The largest absolute Gasteiger partial charge is 0.381 e. The van der Waals surface area contributed by atoms with Crippen molar-refractivity contribution in [3.05, 3.63) is 21.3 Å². The van der Waals surface area contributed by atoms with E-state index in [1.807, 2.05) is 11.4 Å². The zero-order valence-corrected chi connectivity index (χ0v) is 9.24. The van der Waals surface area contributed by atoms with Gasteiger partial charge in [-0.2, -0.15) is 0 Å². The van der Waals surface area contributed by atoms with Crippen LogP contribution < -0.4 is 0 Å². The van der Waals surface area contributed by atoms with Gasteiger partial charge in [-0.25, -0.2) is 0 Å². The minimum Gasteiger partial charge on any atom is -0.381 e. The summed E-state index contributed by atoms with van der Waals surface area (Å²) in [5.74, 6) is 0.347. The van der Waals surface area contributed by atoms with E-state index in [-0.39, 0.29) is 11.7 Å². The zero-order valence-electron chi connectivity index (χ0n) is 7.66. The quantitative estimate of drug-likeness (QED) is 0.798. The lowest BCUT2D eigenvalue weighted by Crippen LogP contribution is -2.16. The van der Waals surface area contributed by atoms with Gasteiger partial charge in [-0.15, -0.1) is 11.3 Å². The lowest BCUT2D eigenvalue weighted by molar-refractivity contribution is -0.122. The summed E-state index contributed by atoms with van der Waals surface area (Å²) < 4.78 is 5.18. The zero-order chi connectivity index (χ0) is 9.97. The van der Waals surface area contributed by atoms with E-state index in [4.69, 9.17) is 16.3 Å². The van der Waals surface area contributed by atoms with Crippen LogP contribution in [0.2, 0.25) is 5.02 Å². The standard InChI is InChI=1S/C10H11ClO2S/c11-8-2-4-14-10(8)5-9(12)7-1-3-13-6-7/h2,4,7H,1,3,5-6H2. The third-order valence-electron chi connectivity index (χ3n) is 2.41. The van der Waals surface area contributed by atoms with Crippen LogP contribution in [0.4, 0.5) is 0 Å². The van der Waals surface area contributed by atoms with E-state index in [1.165, 1.54) is 0 Å². The average Bonchev–Trinajstić information content (AvgIpc) is 2.77. The van der Waals surface area contributed by atoms with Crippen LogP contribution in [0.3, 0.4) is 0 Å². The molecule has 76 valence electrons. The number of Topliss-reactive ketones (excluding diaryl/α,β-unsaturated/α-hetero) is 1. The van der Waals surface area contributed by atoms with Crippen LogP contribution in [-0.4, -0.2) is 19.0 Å². The molecular weight excluding hydrogens is 220 g/mol. The molecule has 14 heavy (non-hydrogen) atoms. The van der Waals surface area contributed by atoms with E-state index in [2.05, 4.69) is 0 Å². The van der Waals surface area contributed by atoms with E-state index in [0.717, 1.165) is 11.3 Å². The highest BCUT2D eigenvalue weighted by Crippen LogP contribution is 2.25. The van der Waals surface area contributed by atoms with E-state index in [0.29, 0.717) is 24.7 Å². The Hall–Kier alpha value is -0.380. The number of halogens is 1. The molecule has 0 bridgehead atoms. The van der Waals surface area contributed by atoms with Gasteiger partial charge in [-0.3, -0.25) is 4.79 Å². The van der Waals surface area contributed by atoms with Gasteiger partial charge >= 0.3 is 0 Å². The molecule has 1 fully saturated rings. The minimum absolute atomic E-state index is 0.0909. The molecule has 1 aliphatic rings. The first-order valence-corrected chi connectivity index (χ1v) is 5.85. The molecule has 0 N–H and O–H groups in total. The molecule has 1 saturated heterocycles. The number of ketones is 1. The van der Waals surface area contributed by atoms with Crippen molar-refractivity contribution in [2.24, 2.45) is 5.92 Å². The van der Waals surface area contributed by atoms with Crippen LogP contribution in [0.25, 0.3) is 0 Å². The highest BCUT2D eigenvalue weighted by molar-refractivity contribution is 7.10. The normalized spacial score (nSPS) is 21.4. The number of rotatable bonds is 3. The Bertz CT molecular complexity index is 329. The highest BCUT2D eigenvalue weighted by Gasteiger charge is 2.24. The topological polar surface area (TPSA) is 26.3 Å². The summed E-state index contributed by atoms with van der Waals surface area (Å²) >= 11 is 7.46. The number of hydrogen-bond donors (Lipinski definition) is 0. The van der Waals surface area contributed by atoms with Crippen molar-refractivity contribution in [3.63, 3.8) is 0 Å². The Morgan fingerprint density at radius 3 is 3.14 bits per heavy atom. The molecule has 2 rings (SSSR count). The Morgan fingerprint density at radius 1 is 1.71 bits per heavy atom. The SMILES string of the molecule is O=C(Cc1sccc1Cl)C1CCOC1. The monoisotopic (exact) mass is 230 g/mol. The summed E-state index contributed by atoms with van der Waals surface area (Å²) in [6, 6.07) is 1.83. The summed E-state index contributed by atoms with van der Waals surface area (Å²) in [5, 5.41) is 2.62. The smallest absolute Gasteiger partial charge is 0.143 e. The number of carbonyl (C=O) groups is 1. The molecule has 1 aromatic rings. The Kier molecular flexibility index (Phi) is 3.21. The predicted octanol–water partition coefficient (Wildman–Crippen LogP) is 2.55. The fraction of sp³-hybridized carbons (Fsp3) is 0.500. The molecule has 0 aromatic carbocycles. The Balaban J connectivity index is 1.97. The van der Waals surface area contributed by atoms with Gasteiger partial charge in [0.15, 0.2) is 0 Å². The van der Waals surface area contributed by atoms with Gasteiger partial charge in [0.25, 0.3) is 0 Å². The number of hydrogen-bond acceptors (Lipinski definition) is 3. The van der Waals surface area contributed by atoms with E-state index < -0.39 is 0 Å². The molecule has 0 aliphatic carbocycles. The summed E-state index contributed by atoms with van der Waals surface area (Å²) in [7, 11) is 0. The Labute approximate surface area is 91.8 Å². The van der Waals surface area contributed by atoms with Crippen molar-refractivity contribution >= 4 is 28.7 Å². The molecule has 1 aromatic heterocycles. The molecule has 0 radical (unpaired) electrons. The molecule has 4 heteroatoms. The first-order valence-electron chi connectivity index (χ1n) is 4.59. The van der Waals surface area contributed by atoms with E-state index >= 15 is 0 Å². The van der Waals surface area contributed by atoms with Crippen LogP contribution >= 0.6 is 22.9 Å². The Morgan fingerprint density at radius 2 is 2.57 bits per heavy atom. The van der Waals surface area contributed by atoms with Crippen molar-refractivity contribution in [2.75, 3.05) is 13.2 Å². The molecule has 1 unspecified atom stereocenters. The van der Waals surface area contributed by atoms with Crippen LogP contribution in [0.15, 0.2) is 11.4 Å². The first-order chi connectivity index (χ1) is 6.77. The first kappa shape index (κ1) is 10.1. The predicted molar refractivity (Wildman–Crippen MR) is 57.0 cm³/mol. The maximum absolute atomic E-state index is 11.7. The third-order valence-corrected chi connectivity index (χ3v) is 3.80. The summed E-state index contributed by atoms with van der Waals surface area (Å²) in [4.78, 5) is 12.7. The average molecular weight is 231 g/mol. The van der Waals surface area contributed by atoms with Crippen LogP contribution in [0, 0.1) is 5.92 Å². The molecular formula is C10H11ClO2S. The van der Waals surface area contributed by atoms with Gasteiger partial charge in [0.05, 0.1) is 11.6 Å². The lowest BCUT2D eigenvalue weighted by atomic mass is 10.0. The maximum Gasteiger partial charge on any atom is 0.143 e. The molecule has 0 saturated carbocycles. The van der Waals surface area contributed by atoms with Crippen molar-refractivity contribution < 1.29 is 9.53 Å². The van der Waals surface area contributed by atoms with Crippen LogP contribution in [-0.2, 0) is 16.0 Å². The van der Waals surface area contributed by atoms with Gasteiger partial charge in [0.1, 0.15) is 5.78 Å². The molecule has 2 heterocycles. The van der Waals surface area contributed by atoms with Gasteiger partial charge in [-0.1, -0.05) is 11.6 Å². The molecule has 0 spiro atoms. The maximum atomic E-state index is 11.7. The molecule has 0 amide bonds. The second kappa shape index (κ2) is 4.43. The van der Waals surface area contributed by atoms with E-state index in [9.17, 15) is 4.79 Å². The van der Waals surface area contributed by atoms with Crippen LogP contribution in [0.5, 0.6) is 0 Å². The molecule has 2 nitrogen and oxygen atoms in total. The number of ether oxygens (including phenoxy) is 1. The van der Waals surface area contributed by atoms with Gasteiger partial charge < -0.3 is 4.74 Å². The number of thiophene rings is 1. The van der Waals surface area contributed by atoms with Gasteiger partial charge in [0, 0.05) is 23.8 Å². The summed E-state index contributed by atoms with van der Waals surface area (Å²) in [5.41, 5.74) is 0. The van der Waals surface area contributed by atoms with Gasteiger partial charge in [0.2, 0.25) is 0 Å². The molecule has 1 atom stereocenters. The second-order valence-electron chi connectivity index (χ2n) is 3.40. The lowest BCUT2D eigenvalue weighted by Gasteiger charge is -2.04. The van der Waals surface area contributed by atoms with Crippen molar-refractivity contribution in [1.29, 1.82) is 0 Å². The fourth-order valence-corrected chi connectivity index (χ4v) is 2.66. The van der Waals surface area contributed by atoms with Gasteiger partial charge in [-0.05, 0) is 17.9 Å². The van der Waals surface area contributed by atoms with Crippen molar-refractivity contribution in [3.8, 4) is 0 Å². The van der Waals surface area contributed by atoms with Crippen molar-refractivity contribution in [2.45, 2.75) is 12.8 Å². The van der Waals surface area contributed by atoms with E-state index in [1.54, 1.807) is 11.3 Å². The van der Waals surface area contributed by atoms with Crippen molar-refractivity contribution in [1.82, 2.24) is 0 Å². The third kappa shape index (κ3) is 2.16. The minimum atomic E-state index is 0.0909. The van der Waals surface area contributed by atoms with Crippen LogP contribution in [0.1, 0.15) is 11.3 Å². The summed E-state index contributed by atoms with van der Waals surface area (Å²) in [6.45, 7) is 1.30. The number of carbonyl (C=O) groups excluding carboxylic acids is 1. The summed E-state index contributed by atoms with van der Waals surface area (Å²) in [6.07, 6.45) is 1.33. The fourth-order valence-electron chi connectivity index (χ4n) is 1.54. The highest BCUT2D eigenvalue weighted by atomic mass is 35.5. The second-order valence-corrected chi connectivity index (χ2v) is 4.80.